The average Bonchev–Trinajstić information content (AvgIpc) is 2.16. The van der Waals surface area contributed by atoms with Gasteiger partial charge in [0.15, 0.2) is 0 Å². The van der Waals surface area contributed by atoms with Crippen molar-refractivity contribution >= 4 is 5.84 Å². The lowest BCUT2D eigenvalue weighted by Crippen LogP contribution is -2.33. The van der Waals surface area contributed by atoms with Gasteiger partial charge in [-0.25, -0.2) is 0 Å². The Labute approximate surface area is 93.1 Å². The van der Waals surface area contributed by atoms with Crippen LogP contribution in [0, 0.1) is 5.41 Å². The summed E-state index contributed by atoms with van der Waals surface area (Å²) in [6.45, 7) is 8.38. The smallest absolute Gasteiger partial charge is 0.144 e. The maximum atomic E-state index is 8.62. The number of nitrogens with zero attached hydrogens (tertiary/aromatic N) is 2. The van der Waals surface area contributed by atoms with Crippen LogP contribution in [0.25, 0.3) is 0 Å². The molecule has 0 aromatic rings. The molecular weight excluding hydrogens is 190 g/mol. The van der Waals surface area contributed by atoms with Crippen molar-refractivity contribution in [2.75, 3.05) is 20.1 Å². The highest BCUT2D eigenvalue weighted by Crippen LogP contribution is 2.22. The summed E-state index contributed by atoms with van der Waals surface area (Å²) in [5.41, 5.74) is 5.41. The van der Waals surface area contributed by atoms with Crippen molar-refractivity contribution in [3.63, 3.8) is 0 Å². The van der Waals surface area contributed by atoms with Gasteiger partial charge in [-0.15, -0.1) is 0 Å². The highest BCUT2D eigenvalue weighted by Gasteiger charge is 2.22. The zero-order valence-electron chi connectivity index (χ0n) is 10.5. The van der Waals surface area contributed by atoms with Gasteiger partial charge in [0.2, 0.25) is 0 Å². The number of nitrogens with two attached hydrogens (primary N) is 1. The molecule has 15 heavy (non-hydrogen) atoms. The van der Waals surface area contributed by atoms with E-state index < -0.39 is 0 Å². The van der Waals surface area contributed by atoms with E-state index in [0.717, 1.165) is 25.9 Å². The van der Waals surface area contributed by atoms with Crippen LogP contribution in [0.4, 0.5) is 0 Å². The second-order valence-corrected chi connectivity index (χ2v) is 4.78. The molecule has 0 fully saturated rings. The standard InChI is InChI=1S/C11H25N3O/c1-5-8-14(4)9-6-7-11(2,3)10(12)13-15/h15H,5-9H2,1-4H3,(H2,12,13). The molecule has 0 amide bonds. The lowest BCUT2D eigenvalue weighted by molar-refractivity contribution is 0.291. The molecular formula is C11H25N3O. The Morgan fingerprint density at radius 2 is 2.00 bits per heavy atom. The third-order valence-electron chi connectivity index (χ3n) is 2.75. The summed E-state index contributed by atoms with van der Waals surface area (Å²) in [7, 11) is 2.12. The van der Waals surface area contributed by atoms with Crippen molar-refractivity contribution in [3.05, 3.63) is 0 Å². The monoisotopic (exact) mass is 215 g/mol. The average molecular weight is 215 g/mol. The van der Waals surface area contributed by atoms with Gasteiger partial charge in [0, 0.05) is 5.41 Å². The zero-order chi connectivity index (χ0) is 11.9. The van der Waals surface area contributed by atoms with E-state index >= 15 is 0 Å². The first-order valence-corrected chi connectivity index (χ1v) is 5.60. The fourth-order valence-corrected chi connectivity index (χ4v) is 1.55. The van der Waals surface area contributed by atoms with Crippen molar-refractivity contribution < 1.29 is 5.21 Å². The van der Waals surface area contributed by atoms with E-state index in [0.29, 0.717) is 5.84 Å². The first-order valence-electron chi connectivity index (χ1n) is 5.60. The Morgan fingerprint density at radius 1 is 1.40 bits per heavy atom. The summed E-state index contributed by atoms with van der Waals surface area (Å²) in [4.78, 5) is 2.31. The molecule has 3 N–H and O–H groups in total. The van der Waals surface area contributed by atoms with Crippen LogP contribution in [0.3, 0.4) is 0 Å². The molecule has 4 heteroatoms. The van der Waals surface area contributed by atoms with E-state index in [2.05, 4.69) is 24.0 Å². The van der Waals surface area contributed by atoms with Crippen LogP contribution in [0.15, 0.2) is 5.16 Å². The fourth-order valence-electron chi connectivity index (χ4n) is 1.55. The molecule has 4 nitrogen and oxygen atoms in total. The summed E-state index contributed by atoms with van der Waals surface area (Å²) in [5.74, 6) is 0.320. The lowest BCUT2D eigenvalue weighted by Gasteiger charge is -2.24. The molecule has 90 valence electrons. The minimum absolute atomic E-state index is 0.207. The molecule has 0 aromatic carbocycles. The Morgan fingerprint density at radius 3 is 2.47 bits per heavy atom. The Balaban J connectivity index is 3.85. The van der Waals surface area contributed by atoms with Gasteiger partial charge in [-0.05, 0) is 39.4 Å². The summed E-state index contributed by atoms with van der Waals surface area (Å²) in [6.07, 6.45) is 3.19. The molecule has 0 aromatic heterocycles. The first kappa shape index (κ1) is 14.2. The van der Waals surface area contributed by atoms with Gasteiger partial charge in [-0.1, -0.05) is 25.9 Å². The Bertz CT molecular complexity index is 202. The van der Waals surface area contributed by atoms with Gasteiger partial charge in [-0.2, -0.15) is 0 Å². The Hall–Kier alpha value is -0.770. The van der Waals surface area contributed by atoms with Crippen molar-refractivity contribution in [1.29, 1.82) is 0 Å². The summed E-state index contributed by atoms with van der Waals surface area (Å²) >= 11 is 0. The van der Waals surface area contributed by atoms with E-state index in [1.54, 1.807) is 0 Å². The van der Waals surface area contributed by atoms with Crippen LogP contribution in [-0.2, 0) is 0 Å². The second kappa shape index (κ2) is 6.67. The van der Waals surface area contributed by atoms with E-state index in [1.165, 1.54) is 6.42 Å². The third kappa shape index (κ3) is 5.62. The van der Waals surface area contributed by atoms with Crippen LogP contribution in [0.1, 0.15) is 40.0 Å². The van der Waals surface area contributed by atoms with Gasteiger partial charge >= 0.3 is 0 Å². The first-order chi connectivity index (χ1) is 6.94. The molecule has 0 saturated carbocycles. The van der Waals surface area contributed by atoms with E-state index in [-0.39, 0.29) is 5.41 Å². The van der Waals surface area contributed by atoms with Gasteiger partial charge in [0.05, 0.1) is 0 Å². The molecule has 0 bridgehead atoms. The van der Waals surface area contributed by atoms with Crippen LogP contribution >= 0.6 is 0 Å². The number of hydrogen-bond donors (Lipinski definition) is 2. The van der Waals surface area contributed by atoms with Crippen LogP contribution in [-0.4, -0.2) is 36.1 Å². The molecule has 0 atom stereocenters. The molecule has 0 radical (unpaired) electrons. The minimum atomic E-state index is -0.207. The zero-order valence-corrected chi connectivity index (χ0v) is 10.5. The van der Waals surface area contributed by atoms with E-state index in [4.69, 9.17) is 10.9 Å². The maximum Gasteiger partial charge on any atom is 0.144 e. The topological polar surface area (TPSA) is 61.8 Å². The number of hydrogen-bond acceptors (Lipinski definition) is 3. The number of amidine groups is 1. The highest BCUT2D eigenvalue weighted by molar-refractivity contribution is 5.85. The number of oxime groups is 1. The van der Waals surface area contributed by atoms with Gasteiger partial charge in [0.25, 0.3) is 0 Å². The normalized spacial score (nSPS) is 13.5. The van der Waals surface area contributed by atoms with Crippen molar-refractivity contribution in [2.24, 2.45) is 16.3 Å². The highest BCUT2D eigenvalue weighted by atomic mass is 16.4. The molecule has 0 spiro atoms. The molecule has 0 aliphatic rings. The molecule has 0 heterocycles. The van der Waals surface area contributed by atoms with Crippen molar-refractivity contribution in [1.82, 2.24) is 4.90 Å². The molecule has 0 aliphatic carbocycles. The summed E-state index contributed by atoms with van der Waals surface area (Å²) in [5, 5.41) is 11.7. The third-order valence-corrected chi connectivity index (χ3v) is 2.75. The largest absolute Gasteiger partial charge is 0.409 e. The van der Waals surface area contributed by atoms with Gasteiger partial charge < -0.3 is 15.8 Å². The SMILES string of the molecule is CCCN(C)CCCC(C)(C)C(N)=NO. The quantitative estimate of drug-likeness (QED) is 0.295. The minimum Gasteiger partial charge on any atom is -0.409 e. The second-order valence-electron chi connectivity index (χ2n) is 4.78. The van der Waals surface area contributed by atoms with E-state index in [9.17, 15) is 0 Å². The lowest BCUT2D eigenvalue weighted by atomic mass is 9.86. The maximum absolute atomic E-state index is 8.62. The van der Waals surface area contributed by atoms with Crippen LogP contribution in [0.5, 0.6) is 0 Å². The molecule has 0 saturated heterocycles. The van der Waals surface area contributed by atoms with Gasteiger partial charge in [-0.3, -0.25) is 0 Å². The van der Waals surface area contributed by atoms with Crippen molar-refractivity contribution in [2.45, 2.75) is 40.0 Å². The molecule has 0 unspecified atom stereocenters. The predicted molar refractivity (Wildman–Crippen MR) is 64.2 cm³/mol. The van der Waals surface area contributed by atoms with Crippen molar-refractivity contribution in [3.8, 4) is 0 Å². The molecule has 0 rings (SSSR count). The summed E-state index contributed by atoms with van der Waals surface area (Å²) < 4.78 is 0. The number of rotatable bonds is 7. The molecule has 0 aliphatic heterocycles. The Kier molecular flexibility index (Phi) is 6.32. The predicted octanol–water partition coefficient (Wildman–Crippen LogP) is 1.88. The summed E-state index contributed by atoms with van der Waals surface area (Å²) in [6, 6.07) is 0. The van der Waals surface area contributed by atoms with Gasteiger partial charge in [0.1, 0.15) is 5.84 Å². The fraction of sp³-hybridized carbons (Fsp3) is 0.909. The van der Waals surface area contributed by atoms with Crippen LogP contribution < -0.4 is 5.73 Å². The van der Waals surface area contributed by atoms with Crippen LogP contribution in [0.2, 0.25) is 0 Å². The van der Waals surface area contributed by atoms with E-state index in [1.807, 2.05) is 13.8 Å².